The number of hydrogen-bond acceptors (Lipinski definition) is 2. The summed E-state index contributed by atoms with van der Waals surface area (Å²) >= 11 is 0. The molecule has 2 rings (SSSR count). The van der Waals surface area contributed by atoms with Gasteiger partial charge in [0, 0.05) is 11.8 Å². The average Bonchev–Trinajstić information content (AvgIpc) is 2.57. The van der Waals surface area contributed by atoms with Crippen LogP contribution >= 0.6 is 0 Å². The molecule has 0 N–H and O–H groups in total. The molecule has 2 heteroatoms. The smallest absolute Gasteiger partial charge is 0.0900 e. The Kier molecular flexibility index (Phi) is 2.81. The molecule has 1 aromatic rings. The Morgan fingerprint density at radius 3 is 2.35 bits per heavy atom. The monoisotopic (exact) mass is 233 g/mol. The summed E-state index contributed by atoms with van der Waals surface area (Å²) in [4.78, 5) is 4.56. The van der Waals surface area contributed by atoms with Gasteiger partial charge in [0.05, 0.1) is 18.4 Å². The minimum absolute atomic E-state index is 0.128. The van der Waals surface area contributed by atoms with Crippen LogP contribution in [0.1, 0.15) is 64.5 Å². The summed E-state index contributed by atoms with van der Waals surface area (Å²) in [6.07, 6.45) is 2.17. The summed E-state index contributed by atoms with van der Waals surface area (Å²) in [7, 11) is 0. The molecule has 2 nitrogen and oxygen atoms in total. The second kappa shape index (κ2) is 3.81. The molecular formula is C15H23NO. The molecule has 0 fully saturated rings. The summed E-state index contributed by atoms with van der Waals surface area (Å²) in [5, 5.41) is 0. The van der Waals surface area contributed by atoms with E-state index in [9.17, 15) is 0 Å². The van der Waals surface area contributed by atoms with E-state index < -0.39 is 0 Å². The molecule has 17 heavy (non-hydrogen) atoms. The van der Waals surface area contributed by atoms with E-state index in [0.717, 1.165) is 5.69 Å². The maximum Gasteiger partial charge on any atom is 0.0900 e. The highest BCUT2D eigenvalue weighted by Crippen LogP contribution is 2.43. The van der Waals surface area contributed by atoms with E-state index >= 15 is 0 Å². The van der Waals surface area contributed by atoms with Crippen LogP contribution in [0.5, 0.6) is 0 Å². The van der Waals surface area contributed by atoms with Crippen molar-refractivity contribution in [3.63, 3.8) is 0 Å². The quantitative estimate of drug-likeness (QED) is 0.675. The molecule has 0 spiro atoms. The van der Waals surface area contributed by atoms with Crippen LogP contribution in [-0.2, 0) is 16.8 Å². The summed E-state index contributed by atoms with van der Waals surface area (Å²) in [5.41, 5.74) is 3.95. The molecule has 0 bridgehead atoms. The third-order valence-electron chi connectivity index (χ3n) is 3.33. The lowest BCUT2D eigenvalue weighted by atomic mass is 9.82. The van der Waals surface area contributed by atoms with Crippen molar-refractivity contribution >= 4 is 0 Å². The molecule has 1 aromatic heterocycles. The van der Waals surface area contributed by atoms with Crippen LogP contribution in [0.25, 0.3) is 0 Å². The first-order chi connectivity index (χ1) is 7.69. The van der Waals surface area contributed by atoms with Crippen LogP contribution in [-0.4, -0.2) is 4.98 Å². The predicted molar refractivity (Wildman–Crippen MR) is 69.9 cm³/mol. The standard InChI is InChI=1S/C15H23NO/c1-14(2,3)10-7-11-12(16-8-10)9-17-13(11)15(4,5)6/h7-8,13H,9H2,1-6H3. The Labute approximate surface area is 104 Å². The van der Waals surface area contributed by atoms with Gasteiger partial charge in [-0.05, 0) is 22.5 Å². The molecule has 0 amide bonds. The molecule has 1 aliphatic heterocycles. The zero-order chi connectivity index (χ0) is 12.8. The number of nitrogens with zero attached hydrogens (tertiary/aromatic N) is 1. The summed E-state index contributed by atoms with van der Waals surface area (Å²) < 4.78 is 5.89. The van der Waals surface area contributed by atoms with Gasteiger partial charge in [0.25, 0.3) is 0 Å². The van der Waals surface area contributed by atoms with Crippen LogP contribution < -0.4 is 0 Å². The Hall–Kier alpha value is -0.890. The van der Waals surface area contributed by atoms with Gasteiger partial charge in [-0.15, -0.1) is 0 Å². The van der Waals surface area contributed by atoms with E-state index in [1.54, 1.807) is 0 Å². The maximum atomic E-state index is 5.89. The Balaban J connectivity index is 2.45. The van der Waals surface area contributed by atoms with Crippen LogP contribution in [0, 0.1) is 5.41 Å². The molecule has 0 aromatic carbocycles. The second-order valence-corrected chi connectivity index (χ2v) is 7.07. The minimum Gasteiger partial charge on any atom is -0.367 e. The van der Waals surface area contributed by atoms with E-state index in [1.165, 1.54) is 11.1 Å². The van der Waals surface area contributed by atoms with Gasteiger partial charge >= 0.3 is 0 Å². The van der Waals surface area contributed by atoms with E-state index in [4.69, 9.17) is 4.74 Å². The molecule has 94 valence electrons. The van der Waals surface area contributed by atoms with Crippen molar-refractivity contribution in [1.82, 2.24) is 4.98 Å². The lowest BCUT2D eigenvalue weighted by molar-refractivity contribution is -0.00836. The Morgan fingerprint density at radius 2 is 1.82 bits per heavy atom. The van der Waals surface area contributed by atoms with Crippen LogP contribution in [0.15, 0.2) is 12.3 Å². The first-order valence-corrected chi connectivity index (χ1v) is 6.30. The Bertz CT molecular complexity index is 424. The summed E-state index contributed by atoms with van der Waals surface area (Å²) in [6, 6.07) is 2.28. The SMILES string of the molecule is CC(C)(C)c1cnc2c(c1)C(C(C)(C)C)OC2. The molecule has 0 radical (unpaired) electrons. The highest BCUT2D eigenvalue weighted by atomic mass is 16.5. The number of rotatable bonds is 0. The van der Waals surface area contributed by atoms with Gasteiger partial charge in [0.15, 0.2) is 0 Å². The van der Waals surface area contributed by atoms with Gasteiger partial charge in [-0.1, -0.05) is 41.5 Å². The molecule has 0 saturated carbocycles. The fraction of sp³-hybridized carbons (Fsp3) is 0.667. The minimum atomic E-state index is 0.128. The lowest BCUT2D eigenvalue weighted by Gasteiger charge is -2.27. The maximum absolute atomic E-state index is 5.89. The lowest BCUT2D eigenvalue weighted by Crippen LogP contribution is -2.19. The van der Waals surface area contributed by atoms with Crippen LogP contribution in [0.3, 0.4) is 0 Å². The van der Waals surface area contributed by atoms with Gasteiger partial charge in [-0.3, -0.25) is 4.98 Å². The fourth-order valence-corrected chi connectivity index (χ4v) is 2.24. The van der Waals surface area contributed by atoms with Crippen molar-refractivity contribution < 1.29 is 4.74 Å². The van der Waals surface area contributed by atoms with Crippen molar-refractivity contribution in [3.05, 3.63) is 29.1 Å². The van der Waals surface area contributed by atoms with Gasteiger partial charge in [0.1, 0.15) is 0 Å². The molecule has 1 atom stereocenters. The predicted octanol–water partition coefficient (Wildman–Crippen LogP) is 4.00. The number of hydrogen-bond donors (Lipinski definition) is 0. The molecule has 2 heterocycles. The van der Waals surface area contributed by atoms with Crippen LogP contribution in [0.4, 0.5) is 0 Å². The molecular weight excluding hydrogens is 210 g/mol. The van der Waals surface area contributed by atoms with E-state index in [1.807, 2.05) is 6.20 Å². The van der Waals surface area contributed by atoms with Gasteiger partial charge in [0.2, 0.25) is 0 Å². The number of aromatic nitrogens is 1. The van der Waals surface area contributed by atoms with E-state index in [0.29, 0.717) is 6.61 Å². The van der Waals surface area contributed by atoms with E-state index in [-0.39, 0.29) is 16.9 Å². The van der Waals surface area contributed by atoms with E-state index in [2.05, 4.69) is 52.6 Å². The van der Waals surface area contributed by atoms with Gasteiger partial charge in [-0.25, -0.2) is 0 Å². The van der Waals surface area contributed by atoms with Crippen molar-refractivity contribution in [2.75, 3.05) is 0 Å². The molecule has 0 saturated heterocycles. The number of ether oxygens (including phenoxy) is 1. The Morgan fingerprint density at radius 1 is 1.18 bits per heavy atom. The van der Waals surface area contributed by atoms with Gasteiger partial charge in [-0.2, -0.15) is 0 Å². The molecule has 0 aliphatic carbocycles. The van der Waals surface area contributed by atoms with Crippen molar-refractivity contribution in [1.29, 1.82) is 0 Å². The normalized spacial score (nSPS) is 20.5. The number of pyridine rings is 1. The molecule has 1 unspecified atom stereocenters. The summed E-state index contributed by atoms with van der Waals surface area (Å²) in [5.74, 6) is 0. The van der Waals surface area contributed by atoms with Crippen LogP contribution in [0.2, 0.25) is 0 Å². The highest BCUT2D eigenvalue weighted by molar-refractivity contribution is 5.33. The average molecular weight is 233 g/mol. The highest BCUT2D eigenvalue weighted by Gasteiger charge is 2.35. The number of fused-ring (bicyclic) bond motifs is 1. The first kappa shape index (κ1) is 12.6. The van der Waals surface area contributed by atoms with Gasteiger partial charge < -0.3 is 4.74 Å². The first-order valence-electron chi connectivity index (χ1n) is 6.30. The zero-order valence-electron chi connectivity index (χ0n) is 11.8. The summed E-state index contributed by atoms with van der Waals surface area (Å²) in [6.45, 7) is 14.0. The third-order valence-corrected chi connectivity index (χ3v) is 3.33. The van der Waals surface area contributed by atoms with Crippen molar-refractivity contribution in [2.45, 2.75) is 59.7 Å². The second-order valence-electron chi connectivity index (χ2n) is 7.07. The third kappa shape index (κ3) is 2.37. The van der Waals surface area contributed by atoms with Crippen molar-refractivity contribution in [2.24, 2.45) is 5.41 Å². The largest absolute Gasteiger partial charge is 0.367 e. The van der Waals surface area contributed by atoms with Crippen molar-refractivity contribution in [3.8, 4) is 0 Å². The topological polar surface area (TPSA) is 22.1 Å². The zero-order valence-corrected chi connectivity index (χ0v) is 11.8. The fourth-order valence-electron chi connectivity index (χ4n) is 2.24. The molecule has 1 aliphatic rings.